The fourth-order valence-electron chi connectivity index (χ4n) is 11.2. The van der Waals surface area contributed by atoms with E-state index in [1.54, 1.807) is 20.8 Å². The molecular formula is C39H59N2O7P. The molecule has 49 heavy (non-hydrogen) atoms. The smallest absolute Gasteiger partial charge is 0.323 e. The highest BCUT2D eigenvalue weighted by Crippen LogP contribution is 2.74. The number of nitrogens with zero attached hydrogens (tertiary/aromatic N) is 1. The number of ketones is 2. The molecule has 0 saturated heterocycles. The highest BCUT2D eigenvalue weighted by atomic mass is 31.2. The van der Waals surface area contributed by atoms with Crippen LogP contribution >= 0.6 is 7.52 Å². The van der Waals surface area contributed by atoms with Crippen LogP contribution in [0.3, 0.4) is 0 Å². The Labute approximate surface area is 293 Å². The molecular weight excluding hydrogens is 639 g/mol. The number of hydrogen-bond acceptors (Lipinski definition) is 8. The summed E-state index contributed by atoms with van der Waals surface area (Å²) in [5.74, 6) is -0.764. The van der Waals surface area contributed by atoms with E-state index in [9.17, 15) is 24.2 Å². The van der Waals surface area contributed by atoms with E-state index in [1.165, 1.54) is 7.11 Å². The summed E-state index contributed by atoms with van der Waals surface area (Å²) in [6.45, 7) is 20.6. The zero-order valence-corrected chi connectivity index (χ0v) is 32.6. The van der Waals surface area contributed by atoms with Crippen LogP contribution in [-0.4, -0.2) is 49.7 Å². The summed E-state index contributed by atoms with van der Waals surface area (Å²) in [5.41, 5.74) is -1.07. The summed E-state index contributed by atoms with van der Waals surface area (Å²) in [6, 6.07) is 1.33. The van der Waals surface area contributed by atoms with Crippen LogP contribution in [0.25, 0.3) is 0 Å². The number of Topliss-reactive ketones (excluding diaryl/α,β-unsaturated/α-hetero) is 1. The Bertz CT molecular complexity index is 1560. The number of nitrogens with one attached hydrogen (secondary N) is 1. The number of rotatable bonds is 9. The molecule has 0 aliphatic heterocycles. The lowest BCUT2D eigenvalue weighted by Crippen LogP contribution is -2.65. The van der Waals surface area contributed by atoms with Crippen molar-refractivity contribution in [2.45, 2.75) is 126 Å². The Kier molecular flexibility index (Phi) is 9.75. The molecule has 0 radical (unpaired) electrons. The van der Waals surface area contributed by atoms with Crippen LogP contribution in [0, 0.1) is 61.6 Å². The van der Waals surface area contributed by atoms with Crippen LogP contribution in [0.5, 0.6) is 0 Å². The molecule has 0 heterocycles. The van der Waals surface area contributed by atoms with E-state index in [0.29, 0.717) is 0 Å². The van der Waals surface area contributed by atoms with Crippen LogP contribution in [0.4, 0.5) is 0 Å². The molecule has 10 heteroatoms. The molecule has 5 rings (SSSR count). The van der Waals surface area contributed by atoms with E-state index < -0.39 is 30.4 Å². The Balaban J connectivity index is 1.53. The van der Waals surface area contributed by atoms with Crippen molar-refractivity contribution in [2.75, 3.05) is 20.1 Å². The molecule has 3 fully saturated rings. The monoisotopic (exact) mass is 698 g/mol. The van der Waals surface area contributed by atoms with Gasteiger partial charge in [0.05, 0.1) is 18.3 Å². The molecule has 0 aromatic carbocycles. The van der Waals surface area contributed by atoms with E-state index in [2.05, 4.69) is 45.8 Å². The van der Waals surface area contributed by atoms with Gasteiger partial charge in [-0.15, -0.1) is 0 Å². The lowest BCUT2D eigenvalue weighted by atomic mass is 9.34. The van der Waals surface area contributed by atoms with Crippen molar-refractivity contribution in [3.05, 3.63) is 23.3 Å². The summed E-state index contributed by atoms with van der Waals surface area (Å²) in [6.07, 6.45) is 9.27. The van der Waals surface area contributed by atoms with Crippen molar-refractivity contribution in [3.63, 3.8) is 0 Å². The second-order valence-electron chi connectivity index (χ2n) is 18.3. The van der Waals surface area contributed by atoms with Gasteiger partial charge >= 0.3 is 5.97 Å². The maximum Gasteiger partial charge on any atom is 0.323 e. The first-order chi connectivity index (χ1) is 22.5. The minimum absolute atomic E-state index is 0.00318. The summed E-state index contributed by atoms with van der Waals surface area (Å²) >= 11 is 0. The van der Waals surface area contributed by atoms with E-state index in [0.717, 1.165) is 50.5 Å². The van der Waals surface area contributed by atoms with Gasteiger partial charge in [-0.25, -0.2) is 5.09 Å². The van der Waals surface area contributed by atoms with Gasteiger partial charge in [-0.3, -0.25) is 18.9 Å². The maximum absolute atomic E-state index is 14.8. The van der Waals surface area contributed by atoms with Gasteiger partial charge in [0.1, 0.15) is 18.5 Å². The van der Waals surface area contributed by atoms with Crippen LogP contribution in [-0.2, 0) is 32.9 Å². The maximum atomic E-state index is 14.8. The van der Waals surface area contributed by atoms with Crippen molar-refractivity contribution < 1.29 is 32.9 Å². The number of esters is 1. The van der Waals surface area contributed by atoms with Gasteiger partial charge in [0.2, 0.25) is 0 Å². The fourth-order valence-corrected chi connectivity index (χ4v) is 12.9. The van der Waals surface area contributed by atoms with E-state index in [-0.39, 0.29) is 75.6 Å². The third-order valence-electron chi connectivity index (χ3n) is 14.0. The summed E-state index contributed by atoms with van der Waals surface area (Å²) in [7, 11) is -2.17. The van der Waals surface area contributed by atoms with Gasteiger partial charge < -0.3 is 14.0 Å². The first kappa shape index (κ1) is 38.1. The molecule has 1 N–H and O–H groups in total. The van der Waals surface area contributed by atoms with Gasteiger partial charge in [0, 0.05) is 23.9 Å². The van der Waals surface area contributed by atoms with Crippen LogP contribution < -0.4 is 5.09 Å². The largest absolute Gasteiger partial charge is 0.462 e. The topological polar surface area (TPSA) is 132 Å². The van der Waals surface area contributed by atoms with Crippen LogP contribution in [0.2, 0.25) is 0 Å². The molecule has 0 spiro atoms. The number of carbonyl (C=O) groups excluding carboxylic acids is 3. The molecule has 3 saturated carbocycles. The number of ether oxygens (including phenoxy) is 2. The Hall–Kier alpha value is -2.11. The van der Waals surface area contributed by atoms with Crippen molar-refractivity contribution in [1.29, 1.82) is 5.26 Å². The third kappa shape index (κ3) is 6.05. The third-order valence-corrected chi connectivity index (χ3v) is 15.9. The van der Waals surface area contributed by atoms with Crippen molar-refractivity contribution in [1.82, 2.24) is 5.09 Å². The Morgan fingerprint density at radius 1 is 1.04 bits per heavy atom. The predicted molar refractivity (Wildman–Crippen MR) is 188 cm³/mol. The van der Waals surface area contributed by atoms with E-state index in [4.69, 9.17) is 14.0 Å². The number of nitriles is 1. The molecule has 0 bridgehead atoms. The molecule has 9 nitrogen and oxygen atoms in total. The summed E-state index contributed by atoms with van der Waals surface area (Å²) < 4.78 is 31.3. The summed E-state index contributed by atoms with van der Waals surface area (Å²) in [5, 5.41) is 12.9. The normalized spacial score (nSPS) is 39.5. The number of fused-ring (bicyclic) bond motifs is 7. The zero-order valence-electron chi connectivity index (χ0n) is 31.7. The molecule has 0 aromatic heterocycles. The number of methoxy groups -OCH3 is 1. The van der Waals surface area contributed by atoms with Gasteiger partial charge in [-0.05, 0) is 105 Å². The second kappa shape index (κ2) is 12.5. The summed E-state index contributed by atoms with van der Waals surface area (Å²) in [4.78, 5) is 40.9. The average Bonchev–Trinajstić information content (AvgIpc) is 2.99. The van der Waals surface area contributed by atoms with Crippen molar-refractivity contribution in [2.24, 2.45) is 50.2 Å². The van der Waals surface area contributed by atoms with Gasteiger partial charge in [-0.1, -0.05) is 60.1 Å². The molecule has 0 amide bonds. The minimum atomic E-state index is -3.63. The van der Waals surface area contributed by atoms with Crippen molar-refractivity contribution >= 4 is 25.1 Å². The minimum Gasteiger partial charge on any atom is -0.462 e. The van der Waals surface area contributed by atoms with Gasteiger partial charge in [-0.2, -0.15) is 5.26 Å². The Morgan fingerprint density at radius 2 is 1.69 bits per heavy atom. The van der Waals surface area contributed by atoms with Gasteiger partial charge in [0.15, 0.2) is 11.6 Å². The zero-order chi connectivity index (χ0) is 36.6. The Morgan fingerprint density at radius 3 is 2.31 bits per heavy atom. The van der Waals surface area contributed by atoms with Crippen LogP contribution in [0.1, 0.15) is 114 Å². The van der Waals surface area contributed by atoms with Crippen molar-refractivity contribution in [3.8, 4) is 6.07 Å². The van der Waals surface area contributed by atoms with Crippen LogP contribution in [0.15, 0.2) is 23.3 Å². The van der Waals surface area contributed by atoms with Gasteiger partial charge in [0.25, 0.3) is 7.52 Å². The predicted octanol–water partition coefficient (Wildman–Crippen LogP) is 7.95. The first-order valence-electron chi connectivity index (χ1n) is 18.2. The average molecular weight is 699 g/mol. The molecule has 272 valence electrons. The standard InChI is InChI=1S/C39H59N2O7P/c1-24(2)48-33(44)25(3)41-49(45,23-46-11)47-22-39-16-14-34(4,5)20-27(39)31-28(42)18-30-36(8)19-26(21-40)32(43)35(6,7)29(36)12-13-37(30,9)38(31,10)15-17-39/h18-19,24-25,27,29,31H,12-17,20,22-23H2,1-11H3,(H,41,45)/t25-,27-,29-,31-,36-,37+,38+,39+,49?/m0/s1. The SMILES string of the molecule is COCP(=O)(N[C@@H](C)C(=O)OC(C)C)OC[C@]12CCC(C)(C)C[C@H]1[C@H]1C(=O)C=C3[C@@]4(C)C=C(C#N)C(=O)C(C)(C)[C@@H]4CC[C@@]3(C)[C@]1(C)CC2. The quantitative estimate of drug-likeness (QED) is 0.188. The molecule has 5 aliphatic rings. The molecule has 0 aromatic rings. The first-order valence-corrected chi connectivity index (χ1v) is 20.0. The lowest BCUT2D eigenvalue weighted by molar-refractivity contribution is -0.176. The number of carbonyl (C=O) groups is 3. The highest BCUT2D eigenvalue weighted by Gasteiger charge is 2.70. The number of hydrogen-bond donors (Lipinski definition) is 1. The molecule has 5 aliphatic carbocycles. The number of allylic oxidation sites excluding steroid dienone is 4. The fraction of sp³-hybridized carbons (Fsp3) is 0.795. The lowest BCUT2D eigenvalue weighted by Gasteiger charge is -2.69. The van der Waals surface area contributed by atoms with E-state index >= 15 is 0 Å². The highest BCUT2D eigenvalue weighted by molar-refractivity contribution is 7.56. The molecule has 9 atom stereocenters. The van der Waals surface area contributed by atoms with E-state index in [1.807, 2.05) is 26.0 Å². The molecule has 1 unspecified atom stereocenters. The second-order valence-corrected chi connectivity index (χ2v) is 20.4.